The molecule has 0 radical (unpaired) electrons. The average Bonchev–Trinajstić information content (AvgIpc) is 2.55. The molecule has 1 atom stereocenters. The minimum absolute atomic E-state index is 0.00721. The van der Waals surface area contributed by atoms with E-state index in [2.05, 4.69) is 32.9 Å². The molecule has 0 saturated carbocycles. The van der Waals surface area contributed by atoms with Crippen LogP contribution < -0.4 is 4.74 Å². The lowest BCUT2D eigenvalue weighted by Gasteiger charge is -2.50. The highest BCUT2D eigenvalue weighted by molar-refractivity contribution is 5.75. The molecule has 0 saturated heterocycles. The molecule has 1 aliphatic heterocycles. The standard InChI is InChI=1S/C20H23NO3/c1-19(2)17(15-4-6-16(7-5-15)24-14-23)8-10-20(3)12-21(13-22)11-9-18(19)20/h4-9,13-14H,10-12H2,1-3H3/t20-/m1/s1. The van der Waals surface area contributed by atoms with Crippen LogP contribution in [0.2, 0.25) is 0 Å². The van der Waals surface area contributed by atoms with Gasteiger partial charge in [-0.3, -0.25) is 9.59 Å². The fourth-order valence-electron chi connectivity index (χ4n) is 4.29. The molecule has 0 aromatic heterocycles. The number of fused-ring (bicyclic) bond motifs is 1. The molecule has 2 aliphatic rings. The van der Waals surface area contributed by atoms with E-state index in [9.17, 15) is 9.59 Å². The molecular weight excluding hydrogens is 302 g/mol. The zero-order valence-electron chi connectivity index (χ0n) is 14.4. The normalized spacial score (nSPS) is 25.2. The van der Waals surface area contributed by atoms with Crippen LogP contribution in [0.1, 0.15) is 32.8 Å². The van der Waals surface area contributed by atoms with E-state index in [0.717, 1.165) is 24.9 Å². The van der Waals surface area contributed by atoms with Crippen LogP contribution in [-0.4, -0.2) is 30.9 Å². The number of hydrogen-bond acceptors (Lipinski definition) is 3. The maximum absolute atomic E-state index is 11.2. The van der Waals surface area contributed by atoms with E-state index in [1.165, 1.54) is 11.1 Å². The molecule has 0 bridgehead atoms. The van der Waals surface area contributed by atoms with Gasteiger partial charge in [-0.15, -0.1) is 0 Å². The van der Waals surface area contributed by atoms with Crippen molar-refractivity contribution in [2.75, 3.05) is 13.1 Å². The second kappa shape index (κ2) is 5.93. The number of nitrogens with zero attached hydrogens (tertiary/aromatic N) is 1. The summed E-state index contributed by atoms with van der Waals surface area (Å²) in [6, 6.07) is 7.63. The van der Waals surface area contributed by atoms with Crippen molar-refractivity contribution in [2.24, 2.45) is 10.8 Å². The maximum Gasteiger partial charge on any atom is 0.298 e. The Labute approximate surface area is 142 Å². The highest BCUT2D eigenvalue weighted by Gasteiger charge is 2.45. The number of allylic oxidation sites excluding steroid dienone is 2. The predicted octanol–water partition coefficient (Wildman–Crippen LogP) is 3.44. The third kappa shape index (κ3) is 2.66. The number of hydrogen-bond donors (Lipinski definition) is 0. The minimum atomic E-state index is -0.102. The summed E-state index contributed by atoms with van der Waals surface area (Å²) in [6.45, 7) is 8.61. The molecule has 126 valence electrons. The van der Waals surface area contributed by atoms with Crippen LogP contribution in [0, 0.1) is 10.8 Å². The molecule has 4 nitrogen and oxygen atoms in total. The number of carbonyl (C=O) groups excluding carboxylic acids is 2. The monoisotopic (exact) mass is 325 g/mol. The number of benzene rings is 1. The molecule has 1 aliphatic carbocycles. The molecule has 1 aromatic rings. The van der Waals surface area contributed by atoms with Crippen molar-refractivity contribution < 1.29 is 14.3 Å². The molecule has 4 heteroatoms. The Morgan fingerprint density at radius 2 is 1.79 bits per heavy atom. The first-order valence-electron chi connectivity index (χ1n) is 8.22. The van der Waals surface area contributed by atoms with Crippen LogP contribution in [0.4, 0.5) is 0 Å². The smallest absolute Gasteiger partial charge is 0.298 e. The molecule has 0 fully saturated rings. The van der Waals surface area contributed by atoms with E-state index in [1.54, 1.807) is 0 Å². The van der Waals surface area contributed by atoms with Gasteiger partial charge < -0.3 is 9.64 Å². The molecule has 0 spiro atoms. The van der Waals surface area contributed by atoms with E-state index >= 15 is 0 Å². The summed E-state index contributed by atoms with van der Waals surface area (Å²) in [5, 5.41) is 0. The number of rotatable bonds is 4. The van der Waals surface area contributed by atoms with Crippen LogP contribution in [-0.2, 0) is 9.59 Å². The van der Waals surface area contributed by atoms with Crippen molar-refractivity contribution in [3.8, 4) is 5.75 Å². The van der Waals surface area contributed by atoms with Gasteiger partial charge in [-0.2, -0.15) is 0 Å². The zero-order valence-corrected chi connectivity index (χ0v) is 14.4. The van der Waals surface area contributed by atoms with Crippen LogP contribution in [0.25, 0.3) is 5.57 Å². The van der Waals surface area contributed by atoms with Crippen molar-refractivity contribution in [1.82, 2.24) is 4.90 Å². The maximum atomic E-state index is 11.2. The minimum Gasteiger partial charge on any atom is -0.429 e. The Bertz CT molecular complexity index is 715. The summed E-state index contributed by atoms with van der Waals surface area (Å²) in [4.78, 5) is 23.4. The van der Waals surface area contributed by atoms with Crippen molar-refractivity contribution in [2.45, 2.75) is 27.2 Å². The molecular formula is C20H23NO3. The van der Waals surface area contributed by atoms with Crippen molar-refractivity contribution >= 4 is 18.5 Å². The summed E-state index contributed by atoms with van der Waals surface area (Å²) in [6.07, 6.45) is 6.36. The summed E-state index contributed by atoms with van der Waals surface area (Å²) < 4.78 is 4.88. The Morgan fingerprint density at radius 1 is 1.08 bits per heavy atom. The van der Waals surface area contributed by atoms with Gasteiger partial charge in [-0.25, -0.2) is 0 Å². The number of ether oxygens (including phenoxy) is 1. The molecule has 3 rings (SSSR count). The first-order valence-corrected chi connectivity index (χ1v) is 8.22. The topological polar surface area (TPSA) is 46.6 Å². The van der Waals surface area contributed by atoms with Crippen molar-refractivity contribution in [3.63, 3.8) is 0 Å². The highest BCUT2D eigenvalue weighted by Crippen LogP contribution is 2.55. The first-order chi connectivity index (χ1) is 11.4. The Kier molecular flexibility index (Phi) is 4.08. The fraction of sp³-hybridized carbons (Fsp3) is 0.400. The number of carbonyl (C=O) groups is 2. The molecule has 0 N–H and O–H groups in total. The van der Waals surface area contributed by atoms with Gasteiger partial charge in [0.2, 0.25) is 6.41 Å². The van der Waals surface area contributed by atoms with Crippen LogP contribution in [0.15, 0.2) is 42.0 Å². The molecule has 1 aromatic carbocycles. The second-order valence-corrected chi connectivity index (χ2v) is 7.40. The van der Waals surface area contributed by atoms with Gasteiger partial charge in [0.25, 0.3) is 6.47 Å². The third-order valence-electron chi connectivity index (χ3n) is 5.33. The quantitative estimate of drug-likeness (QED) is 0.629. The van der Waals surface area contributed by atoms with Gasteiger partial charge in [-0.05, 0) is 29.7 Å². The third-order valence-corrected chi connectivity index (χ3v) is 5.33. The van der Waals surface area contributed by atoms with Gasteiger partial charge in [0.05, 0.1) is 0 Å². The van der Waals surface area contributed by atoms with E-state index in [-0.39, 0.29) is 10.8 Å². The predicted molar refractivity (Wildman–Crippen MR) is 93.3 cm³/mol. The van der Waals surface area contributed by atoms with E-state index in [1.807, 2.05) is 29.2 Å². The van der Waals surface area contributed by atoms with Crippen LogP contribution in [0.5, 0.6) is 5.75 Å². The van der Waals surface area contributed by atoms with E-state index in [0.29, 0.717) is 18.8 Å². The highest BCUT2D eigenvalue weighted by atomic mass is 16.5. The fourth-order valence-corrected chi connectivity index (χ4v) is 4.29. The lowest BCUT2D eigenvalue weighted by molar-refractivity contribution is -0.121. The lowest BCUT2D eigenvalue weighted by atomic mass is 9.58. The largest absolute Gasteiger partial charge is 0.429 e. The van der Waals surface area contributed by atoms with Gasteiger partial charge >= 0.3 is 0 Å². The molecule has 24 heavy (non-hydrogen) atoms. The molecule has 0 unspecified atom stereocenters. The summed E-state index contributed by atoms with van der Waals surface area (Å²) in [5.41, 5.74) is 3.71. The lowest BCUT2D eigenvalue weighted by Crippen LogP contribution is -2.46. The number of amides is 1. The molecule has 1 heterocycles. The van der Waals surface area contributed by atoms with Crippen molar-refractivity contribution in [1.29, 1.82) is 0 Å². The Morgan fingerprint density at radius 3 is 2.42 bits per heavy atom. The van der Waals surface area contributed by atoms with E-state index in [4.69, 9.17) is 4.74 Å². The van der Waals surface area contributed by atoms with Crippen LogP contribution in [0.3, 0.4) is 0 Å². The van der Waals surface area contributed by atoms with E-state index < -0.39 is 0 Å². The summed E-state index contributed by atoms with van der Waals surface area (Å²) in [7, 11) is 0. The second-order valence-electron chi connectivity index (χ2n) is 7.40. The SMILES string of the molecule is CC1(C)C(c2ccc(OC=O)cc2)=CC[C@]2(C)CN(C=O)CC=C12. The average molecular weight is 325 g/mol. The molecule has 1 amide bonds. The van der Waals surface area contributed by atoms with Crippen molar-refractivity contribution in [3.05, 3.63) is 47.6 Å². The van der Waals surface area contributed by atoms with Gasteiger partial charge in [0.15, 0.2) is 0 Å². The Hall–Kier alpha value is -2.36. The van der Waals surface area contributed by atoms with Gasteiger partial charge in [0.1, 0.15) is 5.75 Å². The summed E-state index contributed by atoms with van der Waals surface area (Å²) in [5.74, 6) is 0.548. The first kappa shape index (κ1) is 16.5. The van der Waals surface area contributed by atoms with Gasteiger partial charge in [0, 0.05) is 23.9 Å². The van der Waals surface area contributed by atoms with Gasteiger partial charge in [-0.1, -0.05) is 50.6 Å². The summed E-state index contributed by atoms with van der Waals surface area (Å²) >= 11 is 0. The van der Waals surface area contributed by atoms with Crippen LogP contribution >= 0.6 is 0 Å². The zero-order chi connectivity index (χ0) is 17.4. The Balaban J connectivity index is 1.97.